The van der Waals surface area contributed by atoms with E-state index < -0.39 is 0 Å². The van der Waals surface area contributed by atoms with Gasteiger partial charge in [0.15, 0.2) is 5.69 Å². The number of hydrogen-bond acceptors (Lipinski definition) is 6. The van der Waals surface area contributed by atoms with E-state index in [-0.39, 0.29) is 18.2 Å². The molecule has 5 rings (SSSR count). The molecule has 1 aliphatic heterocycles. The SMILES string of the molecule is N#Cc1ncc(COc2ccc(-c3c(-c4ccncc4)nn4c3C(=O)NCC4)cc2)cc1Cl. The first kappa shape index (κ1) is 20.7. The monoisotopic (exact) mass is 456 g/mol. The minimum atomic E-state index is -0.144. The van der Waals surface area contributed by atoms with Gasteiger partial charge in [0.1, 0.15) is 29.8 Å². The van der Waals surface area contributed by atoms with Gasteiger partial charge in [-0.2, -0.15) is 10.4 Å². The van der Waals surface area contributed by atoms with Crippen molar-refractivity contribution in [1.29, 1.82) is 5.26 Å². The molecule has 162 valence electrons. The lowest BCUT2D eigenvalue weighted by molar-refractivity contribution is 0.0925. The molecular formula is C24H17ClN6O2. The van der Waals surface area contributed by atoms with Gasteiger partial charge in [-0.25, -0.2) is 4.98 Å². The highest BCUT2D eigenvalue weighted by Crippen LogP contribution is 2.36. The molecule has 0 radical (unpaired) electrons. The largest absolute Gasteiger partial charge is 0.489 e. The highest BCUT2D eigenvalue weighted by molar-refractivity contribution is 6.31. The lowest BCUT2D eigenvalue weighted by Gasteiger charge is -2.15. The van der Waals surface area contributed by atoms with Crippen molar-refractivity contribution in [2.45, 2.75) is 13.2 Å². The minimum absolute atomic E-state index is 0.144. The van der Waals surface area contributed by atoms with E-state index in [1.165, 1.54) is 0 Å². The Balaban J connectivity index is 1.44. The highest BCUT2D eigenvalue weighted by atomic mass is 35.5. The van der Waals surface area contributed by atoms with Gasteiger partial charge < -0.3 is 10.1 Å². The van der Waals surface area contributed by atoms with E-state index in [2.05, 4.69) is 15.3 Å². The van der Waals surface area contributed by atoms with Crippen LogP contribution in [0.3, 0.4) is 0 Å². The number of nitrogens with zero attached hydrogens (tertiary/aromatic N) is 5. The van der Waals surface area contributed by atoms with Crippen LogP contribution in [0.5, 0.6) is 5.75 Å². The van der Waals surface area contributed by atoms with E-state index in [0.717, 1.165) is 27.9 Å². The molecule has 0 aliphatic carbocycles. The molecule has 4 heterocycles. The number of rotatable bonds is 5. The number of aromatic nitrogens is 4. The Hall–Kier alpha value is -4.22. The Bertz CT molecular complexity index is 1380. The van der Waals surface area contributed by atoms with E-state index in [1.807, 2.05) is 42.5 Å². The fourth-order valence-corrected chi connectivity index (χ4v) is 3.95. The normalized spacial score (nSPS) is 12.5. The van der Waals surface area contributed by atoms with Crippen molar-refractivity contribution in [1.82, 2.24) is 25.1 Å². The van der Waals surface area contributed by atoms with Crippen LogP contribution in [0.2, 0.25) is 5.02 Å². The van der Waals surface area contributed by atoms with Gasteiger partial charge in [0, 0.05) is 41.8 Å². The molecule has 0 fully saturated rings. The number of benzene rings is 1. The number of nitrogens with one attached hydrogen (secondary N) is 1. The van der Waals surface area contributed by atoms with Crippen molar-refractivity contribution in [2.75, 3.05) is 6.54 Å². The second-order valence-electron chi connectivity index (χ2n) is 7.39. The maximum absolute atomic E-state index is 12.7. The average molecular weight is 457 g/mol. The molecule has 3 aromatic heterocycles. The standard InChI is InChI=1S/C24H17ClN6O2/c25-19-11-15(13-29-20(19)12-26)14-33-18-3-1-16(2-4-18)21-22(17-5-7-27-8-6-17)30-31-10-9-28-24(32)23(21)31/h1-8,11,13H,9-10,14H2,(H,28,32). The van der Waals surface area contributed by atoms with E-state index in [4.69, 9.17) is 26.7 Å². The third kappa shape index (κ3) is 4.02. The van der Waals surface area contributed by atoms with Gasteiger partial charge in [-0.05, 0) is 35.9 Å². The van der Waals surface area contributed by atoms with Crippen LogP contribution < -0.4 is 10.1 Å². The molecule has 0 saturated heterocycles. The molecule has 0 spiro atoms. The fourth-order valence-electron chi connectivity index (χ4n) is 3.72. The van der Waals surface area contributed by atoms with Crippen LogP contribution in [-0.4, -0.2) is 32.2 Å². The zero-order chi connectivity index (χ0) is 22.8. The van der Waals surface area contributed by atoms with Crippen LogP contribution in [0.1, 0.15) is 21.7 Å². The van der Waals surface area contributed by atoms with Crippen molar-refractivity contribution < 1.29 is 9.53 Å². The Morgan fingerprint density at radius 3 is 2.67 bits per heavy atom. The molecule has 1 amide bonds. The van der Waals surface area contributed by atoms with E-state index in [1.54, 1.807) is 29.3 Å². The number of pyridine rings is 2. The average Bonchev–Trinajstić information content (AvgIpc) is 3.25. The second kappa shape index (κ2) is 8.73. The molecule has 9 heteroatoms. The first-order valence-corrected chi connectivity index (χ1v) is 10.6. The van der Waals surface area contributed by atoms with Gasteiger partial charge in [-0.1, -0.05) is 23.7 Å². The summed E-state index contributed by atoms with van der Waals surface area (Å²) in [5.41, 5.74) is 4.73. The lowest BCUT2D eigenvalue weighted by Crippen LogP contribution is -2.35. The smallest absolute Gasteiger partial charge is 0.270 e. The van der Waals surface area contributed by atoms with Crippen LogP contribution in [0.4, 0.5) is 0 Å². The molecular weight excluding hydrogens is 440 g/mol. The molecule has 0 unspecified atom stereocenters. The summed E-state index contributed by atoms with van der Waals surface area (Å²) in [7, 11) is 0. The van der Waals surface area contributed by atoms with Crippen LogP contribution in [0.25, 0.3) is 22.4 Å². The van der Waals surface area contributed by atoms with Gasteiger partial charge in [0.2, 0.25) is 0 Å². The van der Waals surface area contributed by atoms with Gasteiger partial charge in [0.05, 0.1) is 11.6 Å². The minimum Gasteiger partial charge on any atom is -0.489 e. The lowest BCUT2D eigenvalue weighted by atomic mass is 9.98. The predicted molar refractivity (Wildman–Crippen MR) is 122 cm³/mol. The van der Waals surface area contributed by atoms with Crippen molar-refractivity contribution >= 4 is 17.5 Å². The first-order chi connectivity index (χ1) is 16.1. The van der Waals surface area contributed by atoms with Gasteiger partial charge in [-0.3, -0.25) is 14.5 Å². The second-order valence-corrected chi connectivity index (χ2v) is 7.79. The molecule has 0 saturated carbocycles. The molecule has 8 nitrogen and oxygen atoms in total. The van der Waals surface area contributed by atoms with Crippen LogP contribution in [-0.2, 0) is 13.2 Å². The summed E-state index contributed by atoms with van der Waals surface area (Å²) in [6, 6.07) is 14.9. The Morgan fingerprint density at radius 2 is 1.94 bits per heavy atom. The van der Waals surface area contributed by atoms with E-state index in [0.29, 0.717) is 29.6 Å². The Morgan fingerprint density at radius 1 is 1.15 bits per heavy atom. The van der Waals surface area contributed by atoms with Crippen molar-refractivity contribution in [3.63, 3.8) is 0 Å². The maximum Gasteiger partial charge on any atom is 0.270 e. The molecule has 4 aromatic rings. The van der Waals surface area contributed by atoms with Crippen molar-refractivity contribution in [3.05, 3.63) is 83.0 Å². The molecule has 0 atom stereocenters. The Labute approximate surface area is 194 Å². The molecule has 33 heavy (non-hydrogen) atoms. The third-order valence-electron chi connectivity index (χ3n) is 5.28. The zero-order valence-electron chi connectivity index (χ0n) is 17.3. The number of halogens is 1. The summed E-state index contributed by atoms with van der Waals surface area (Å²) in [6.07, 6.45) is 4.98. The topological polar surface area (TPSA) is 106 Å². The third-order valence-corrected chi connectivity index (χ3v) is 5.57. The number of carbonyl (C=O) groups is 1. The molecule has 1 N–H and O–H groups in total. The number of fused-ring (bicyclic) bond motifs is 1. The van der Waals surface area contributed by atoms with E-state index in [9.17, 15) is 4.79 Å². The molecule has 1 aromatic carbocycles. The van der Waals surface area contributed by atoms with Gasteiger partial charge in [0.25, 0.3) is 5.91 Å². The summed E-state index contributed by atoms with van der Waals surface area (Å²) in [5.74, 6) is 0.504. The maximum atomic E-state index is 12.7. The highest BCUT2D eigenvalue weighted by Gasteiger charge is 2.27. The van der Waals surface area contributed by atoms with Crippen LogP contribution in [0, 0.1) is 11.3 Å². The number of nitriles is 1. The summed E-state index contributed by atoms with van der Waals surface area (Å²) in [6.45, 7) is 1.41. The zero-order valence-corrected chi connectivity index (χ0v) is 18.1. The van der Waals surface area contributed by atoms with Crippen LogP contribution >= 0.6 is 11.6 Å². The summed E-state index contributed by atoms with van der Waals surface area (Å²) >= 11 is 6.04. The van der Waals surface area contributed by atoms with Gasteiger partial charge in [-0.15, -0.1) is 0 Å². The first-order valence-electron chi connectivity index (χ1n) is 10.2. The quantitative estimate of drug-likeness (QED) is 0.489. The summed E-state index contributed by atoms with van der Waals surface area (Å²) < 4.78 is 7.61. The Kier molecular flexibility index (Phi) is 5.47. The summed E-state index contributed by atoms with van der Waals surface area (Å²) in [5, 5.41) is 16.9. The molecule has 0 bridgehead atoms. The number of carbonyl (C=O) groups excluding carboxylic acids is 1. The van der Waals surface area contributed by atoms with Crippen molar-refractivity contribution in [3.8, 4) is 34.2 Å². The van der Waals surface area contributed by atoms with E-state index >= 15 is 0 Å². The molecule has 1 aliphatic rings. The van der Waals surface area contributed by atoms with Gasteiger partial charge >= 0.3 is 0 Å². The number of amides is 1. The number of hydrogen-bond donors (Lipinski definition) is 1. The van der Waals surface area contributed by atoms with Crippen molar-refractivity contribution in [2.24, 2.45) is 0 Å². The summed E-state index contributed by atoms with van der Waals surface area (Å²) in [4.78, 5) is 20.8. The number of ether oxygens (including phenoxy) is 1. The fraction of sp³-hybridized carbons (Fsp3) is 0.125. The predicted octanol–water partition coefficient (Wildman–Crippen LogP) is 3.85. The van der Waals surface area contributed by atoms with Crippen LogP contribution in [0.15, 0.2) is 61.1 Å².